The van der Waals surface area contributed by atoms with Crippen molar-refractivity contribution in [2.24, 2.45) is 0 Å². The van der Waals surface area contributed by atoms with Gasteiger partial charge in [0.2, 0.25) is 0 Å². The molecular weight excluding hydrogens is 372 g/mol. The van der Waals surface area contributed by atoms with Crippen LogP contribution in [0, 0.1) is 0 Å². The van der Waals surface area contributed by atoms with Crippen LogP contribution in [0.15, 0.2) is 45.6 Å². The van der Waals surface area contributed by atoms with Crippen molar-refractivity contribution in [3.63, 3.8) is 0 Å². The van der Waals surface area contributed by atoms with Crippen molar-refractivity contribution in [3.8, 4) is 5.75 Å². The van der Waals surface area contributed by atoms with Gasteiger partial charge in [0.25, 0.3) is 0 Å². The molecule has 100 valence electrons. The quantitative estimate of drug-likeness (QED) is 0.847. The second-order valence-electron chi connectivity index (χ2n) is 4.04. The molecule has 1 heterocycles. The Morgan fingerprint density at radius 2 is 1.89 bits per heavy atom. The van der Waals surface area contributed by atoms with Crippen molar-refractivity contribution < 1.29 is 4.74 Å². The zero-order valence-corrected chi connectivity index (χ0v) is 13.7. The highest BCUT2D eigenvalue weighted by Gasteiger charge is 2.08. The van der Waals surface area contributed by atoms with Gasteiger partial charge in [-0.3, -0.25) is 4.98 Å². The van der Waals surface area contributed by atoms with Gasteiger partial charge in [-0.25, -0.2) is 0 Å². The molecule has 0 atom stereocenters. The van der Waals surface area contributed by atoms with Crippen molar-refractivity contribution in [3.05, 3.63) is 56.7 Å². The molecule has 0 saturated carbocycles. The molecule has 1 N–H and O–H groups in total. The molecule has 0 spiro atoms. The predicted octanol–water partition coefficient (Wildman–Crippen LogP) is 3.91. The average Bonchev–Trinajstić information content (AvgIpc) is 2.39. The summed E-state index contributed by atoms with van der Waals surface area (Å²) in [7, 11) is 1.68. The number of pyridine rings is 1. The highest BCUT2D eigenvalue weighted by molar-refractivity contribution is 9.11. The summed E-state index contributed by atoms with van der Waals surface area (Å²) in [4.78, 5) is 4.00. The molecule has 2 aromatic rings. The standard InChI is InChI=1S/C14H14Br2N2O/c1-19-14-11(6-12(15)7-13(14)16)9-18-8-10-2-4-17-5-3-10/h2-7,18H,8-9H2,1H3. The van der Waals surface area contributed by atoms with Gasteiger partial charge in [-0.05, 0) is 45.8 Å². The number of aromatic nitrogens is 1. The molecule has 19 heavy (non-hydrogen) atoms. The van der Waals surface area contributed by atoms with Crippen LogP contribution >= 0.6 is 31.9 Å². The fraction of sp³-hybridized carbons (Fsp3) is 0.214. The molecular formula is C14H14Br2N2O. The zero-order valence-electron chi connectivity index (χ0n) is 10.5. The van der Waals surface area contributed by atoms with Gasteiger partial charge < -0.3 is 10.1 Å². The molecule has 0 fully saturated rings. The fourth-order valence-corrected chi connectivity index (χ4v) is 3.29. The summed E-state index contributed by atoms with van der Waals surface area (Å²) in [5.74, 6) is 0.866. The molecule has 0 aliphatic heterocycles. The topological polar surface area (TPSA) is 34.1 Å². The summed E-state index contributed by atoms with van der Waals surface area (Å²) in [5, 5.41) is 3.40. The third-order valence-corrected chi connectivity index (χ3v) is 3.73. The maximum atomic E-state index is 5.42. The van der Waals surface area contributed by atoms with E-state index < -0.39 is 0 Å². The number of hydrogen-bond acceptors (Lipinski definition) is 3. The highest BCUT2D eigenvalue weighted by Crippen LogP contribution is 2.32. The van der Waals surface area contributed by atoms with E-state index in [2.05, 4.69) is 48.2 Å². The Bertz CT molecular complexity index is 547. The van der Waals surface area contributed by atoms with E-state index in [0.717, 1.165) is 33.3 Å². The first-order chi connectivity index (χ1) is 9.20. The maximum absolute atomic E-state index is 5.42. The Balaban J connectivity index is 2.03. The first-order valence-corrected chi connectivity index (χ1v) is 7.41. The van der Waals surface area contributed by atoms with E-state index in [1.807, 2.05) is 18.2 Å². The first-order valence-electron chi connectivity index (χ1n) is 5.82. The Hall–Kier alpha value is -0.910. The van der Waals surface area contributed by atoms with Crippen LogP contribution < -0.4 is 10.1 Å². The number of nitrogens with one attached hydrogen (secondary N) is 1. The van der Waals surface area contributed by atoms with Crippen LogP contribution in [-0.4, -0.2) is 12.1 Å². The van der Waals surface area contributed by atoms with Crippen molar-refractivity contribution in [1.82, 2.24) is 10.3 Å². The molecule has 0 aliphatic rings. The highest BCUT2D eigenvalue weighted by atomic mass is 79.9. The predicted molar refractivity (Wildman–Crippen MR) is 83.2 cm³/mol. The summed E-state index contributed by atoms with van der Waals surface area (Å²) in [6, 6.07) is 8.04. The minimum atomic E-state index is 0.740. The van der Waals surface area contributed by atoms with E-state index in [-0.39, 0.29) is 0 Å². The van der Waals surface area contributed by atoms with Crippen LogP contribution in [0.3, 0.4) is 0 Å². The normalized spacial score (nSPS) is 10.5. The number of rotatable bonds is 5. The molecule has 0 saturated heterocycles. The van der Waals surface area contributed by atoms with E-state index >= 15 is 0 Å². The van der Waals surface area contributed by atoms with E-state index in [9.17, 15) is 0 Å². The number of ether oxygens (including phenoxy) is 1. The lowest BCUT2D eigenvalue weighted by Crippen LogP contribution is -2.13. The summed E-state index contributed by atoms with van der Waals surface area (Å²) in [6.07, 6.45) is 3.60. The van der Waals surface area contributed by atoms with Crippen LogP contribution in [-0.2, 0) is 13.1 Å². The summed E-state index contributed by atoms with van der Waals surface area (Å²) in [5.41, 5.74) is 2.32. The number of hydrogen-bond donors (Lipinski definition) is 1. The molecule has 0 bridgehead atoms. The summed E-state index contributed by atoms with van der Waals surface area (Å²) in [6.45, 7) is 1.54. The molecule has 3 nitrogen and oxygen atoms in total. The van der Waals surface area contributed by atoms with Crippen LogP contribution in [0.1, 0.15) is 11.1 Å². The second-order valence-corrected chi connectivity index (χ2v) is 5.81. The van der Waals surface area contributed by atoms with E-state index in [0.29, 0.717) is 0 Å². The van der Waals surface area contributed by atoms with Crippen LogP contribution in [0.25, 0.3) is 0 Å². The monoisotopic (exact) mass is 384 g/mol. The number of benzene rings is 1. The zero-order chi connectivity index (χ0) is 13.7. The average molecular weight is 386 g/mol. The minimum Gasteiger partial charge on any atom is -0.495 e. The Kier molecular flexibility index (Phi) is 5.36. The molecule has 1 aromatic heterocycles. The molecule has 1 aromatic carbocycles. The first kappa shape index (κ1) is 14.5. The fourth-order valence-electron chi connectivity index (χ4n) is 1.82. The van der Waals surface area contributed by atoms with Gasteiger partial charge in [0.15, 0.2) is 0 Å². The van der Waals surface area contributed by atoms with Crippen LogP contribution in [0.4, 0.5) is 0 Å². The van der Waals surface area contributed by atoms with Gasteiger partial charge >= 0.3 is 0 Å². The van der Waals surface area contributed by atoms with Gasteiger partial charge in [-0.2, -0.15) is 0 Å². The summed E-state index contributed by atoms with van der Waals surface area (Å²) < 4.78 is 7.39. The molecule has 0 aliphatic carbocycles. The lowest BCUT2D eigenvalue weighted by Gasteiger charge is -2.12. The number of halogens is 2. The number of methoxy groups -OCH3 is 1. The molecule has 0 unspecified atom stereocenters. The Morgan fingerprint density at radius 3 is 2.58 bits per heavy atom. The van der Waals surface area contributed by atoms with Crippen molar-refractivity contribution in [1.29, 1.82) is 0 Å². The van der Waals surface area contributed by atoms with Crippen molar-refractivity contribution in [2.75, 3.05) is 7.11 Å². The lowest BCUT2D eigenvalue weighted by molar-refractivity contribution is 0.405. The second kappa shape index (κ2) is 7.03. The van der Waals surface area contributed by atoms with Gasteiger partial charge in [-0.1, -0.05) is 15.9 Å². The van der Waals surface area contributed by atoms with E-state index in [4.69, 9.17) is 4.74 Å². The van der Waals surface area contributed by atoms with Crippen molar-refractivity contribution >= 4 is 31.9 Å². The smallest absolute Gasteiger partial charge is 0.137 e. The molecule has 0 amide bonds. The van der Waals surface area contributed by atoms with Crippen LogP contribution in [0.5, 0.6) is 5.75 Å². The minimum absolute atomic E-state index is 0.740. The van der Waals surface area contributed by atoms with Gasteiger partial charge in [-0.15, -0.1) is 0 Å². The van der Waals surface area contributed by atoms with Gasteiger partial charge in [0.05, 0.1) is 11.6 Å². The molecule has 2 rings (SSSR count). The largest absolute Gasteiger partial charge is 0.495 e. The Morgan fingerprint density at radius 1 is 1.16 bits per heavy atom. The van der Waals surface area contributed by atoms with Gasteiger partial charge in [0, 0.05) is 35.5 Å². The SMILES string of the molecule is COc1c(Br)cc(Br)cc1CNCc1ccncc1. The van der Waals surface area contributed by atoms with E-state index in [1.54, 1.807) is 19.5 Å². The Labute approximate surface area is 129 Å². The van der Waals surface area contributed by atoms with E-state index in [1.165, 1.54) is 5.56 Å². The molecule has 0 radical (unpaired) electrons. The number of nitrogens with zero attached hydrogens (tertiary/aromatic N) is 1. The third-order valence-electron chi connectivity index (χ3n) is 2.68. The van der Waals surface area contributed by atoms with Gasteiger partial charge in [0.1, 0.15) is 5.75 Å². The lowest BCUT2D eigenvalue weighted by atomic mass is 10.2. The third kappa shape index (κ3) is 4.03. The summed E-state index contributed by atoms with van der Waals surface area (Å²) >= 11 is 7.00. The molecule has 5 heteroatoms. The van der Waals surface area contributed by atoms with Crippen molar-refractivity contribution in [2.45, 2.75) is 13.1 Å². The van der Waals surface area contributed by atoms with Crippen LogP contribution in [0.2, 0.25) is 0 Å². The maximum Gasteiger partial charge on any atom is 0.137 e.